The number of hydrogen-bond donors (Lipinski definition) is 0. The molecule has 13 aromatic carbocycles. The number of hydrogen-bond acceptors (Lipinski definition) is 1. The van der Waals surface area contributed by atoms with E-state index in [4.69, 9.17) is 0 Å². The van der Waals surface area contributed by atoms with Crippen molar-refractivity contribution < 1.29 is 0 Å². The largest absolute Gasteiger partial charge is 0.310 e. The summed E-state index contributed by atoms with van der Waals surface area (Å²) in [6.45, 7) is 0. The molecular formula is C75H51N. The van der Waals surface area contributed by atoms with Crippen LogP contribution in [0.1, 0.15) is 22.3 Å². The monoisotopic (exact) mass is 965 g/mol. The second-order valence-electron chi connectivity index (χ2n) is 19.9. The van der Waals surface area contributed by atoms with Gasteiger partial charge in [-0.25, -0.2) is 0 Å². The molecular weight excluding hydrogens is 915 g/mol. The van der Waals surface area contributed by atoms with Crippen molar-refractivity contribution in [1.29, 1.82) is 0 Å². The molecule has 0 unspecified atom stereocenters. The maximum Gasteiger partial charge on any atom is 0.0713 e. The Balaban J connectivity index is 0.975. The van der Waals surface area contributed by atoms with Crippen LogP contribution in [0.5, 0.6) is 0 Å². The van der Waals surface area contributed by atoms with Crippen LogP contribution in [0.3, 0.4) is 0 Å². The highest BCUT2D eigenvalue weighted by Crippen LogP contribution is 2.57. The molecule has 0 aliphatic heterocycles. The Morgan fingerprint density at radius 2 is 0.658 bits per heavy atom. The van der Waals surface area contributed by atoms with Crippen molar-refractivity contribution in [2.24, 2.45) is 0 Å². The average Bonchev–Trinajstić information content (AvgIpc) is 3.81. The molecule has 0 bridgehead atoms. The van der Waals surface area contributed by atoms with E-state index in [1.54, 1.807) is 0 Å². The van der Waals surface area contributed by atoms with Gasteiger partial charge in [-0.1, -0.05) is 267 Å². The summed E-state index contributed by atoms with van der Waals surface area (Å²) < 4.78 is 0. The molecule has 0 N–H and O–H groups in total. The second kappa shape index (κ2) is 18.9. The molecule has 1 heteroatoms. The summed E-state index contributed by atoms with van der Waals surface area (Å²) in [4.78, 5) is 2.47. The maximum atomic E-state index is 2.47. The zero-order chi connectivity index (χ0) is 50.4. The van der Waals surface area contributed by atoms with Crippen molar-refractivity contribution in [2.45, 2.75) is 5.41 Å². The highest BCUT2D eigenvalue weighted by atomic mass is 15.1. The summed E-state index contributed by atoms with van der Waals surface area (Å²) in [6.07, 6.45) is 0. The molecule has 0 fully saturated rings. The maximum absolute atomic E-state index is 2.47. The second-order valence-corrected chi connectivity index (χ2v) is 19.9. The van der Waals surface area contributed by atoms with Crippen molar-refractivity contribution in [1.82, 2.24) is 0 Å². The van der Waals surface area contributed by atoms with Gasteiger partial charge in [-0.05, 0) is 147 Å². The van der Waals surface area contributed by atoms with Gasteiger partial charge >= 0.3 is 0 Å². The van der Waals surface area contributed by atoms with E-state index < -0.39 is 5.41 Å². The van der Waals surface area contributed by atoms with Crippen LogP contribution < -0.4 is 4.90 Å². The Hall–Kier alpha value is -9.82. The van der Waals surface area contributed by atoms with Crippen molar-refractivity contribution in [3.05, 3.63) is 332 Å². The Bertz CT molecular complexity index is 4190. The van der Waals surface area contributed by atoms with Crippen LogP contribution in [0, 0.1) is 0 Å². The normalized spacial score (nSPS) is 12.3. The van der Waals surface area contributed by atoms with Crippen LogP contribution in [-0.2, 0) is 5.41 Å². The van der Waals surface area contributed by atoms with E-state index in [2.05, 4.69) is 314 Å². The van der Waals surface area contributed by atoms with Crippen molar-refractivity contribution >= 4 is 38.6 Å². The van der Waals surface area contributed by atoms with Crippen LogP contribution in [0.25, 0.3) is 88.3 Å². The lowest BCUT2D eigenvalue weighted by Crippen LogP contribution is -2.28. The molecule has 14 rings (SSSR count). The smallest absolute Gasteiger partial charge is 0.0713 e. The van der Waals surface area contributed by atoms with Gasteiger partial charge in [0, 0.05) is 16.9 Å². The molecule has 0 radical (unpaired) electrons. The molecule has 0 aromatic heterocycles. The molecule has 1 aliphatic carbocycles. The zero-order valence-electron chi connectivity index (χ0n) is 41.9. The molecule has 0 saturated carbocycles. The van der Waals surface area contributed by atoms with Gasteiger partial charge in [0.05, 0.1) is 11.1 Å². The summed E-state index contributed by atoms with van der Waals surface area (Å²) in [5.74, 6) is 0. The summed E-state index contributed by atoms with van der Waals surface area (Å²) in [5.41, 5.74) is 22.2. The van der Waals surface area contributed by atoms with E-state index in [0.29, 0.717) is 0 Å². The Morgan fingerprint density at radius 1 is 0.224 bits per heavy atom. The van der Waals surface area contributed by atoms with Gasteiger partial charge in [-0.2, -0.15) is 0 Å². The fraction of sp³-hybridized carbons (Fsp3) is 0.0133. The molecule has 0 saturated heterocycles. The molecule has 0 heterocycles. The van der Waals surface area contributed by atoms with Gasteiger partial charge < -0.3 is 4.90 Å². The summed E-state index contributed by atoms with van der Waals surface area (Å²) in [7, 11) is 0. The first-order valence-electron chi connectivity index (χ1n) is 26.3. The standard InChI is InChI=1S/C75H51N/c1-7-23-52(24-8-1)58-42-48-72(67(49-58)54-25-9-2-10-26-54)76(62-45-47-71-68(51-62)65-36-21-22-38-70(65)75(71,59-31-15-5-16-32-59)60-33-17-6-18-34-60)61-43-39-53(40-44-61)57-41-46-64-63-35-19-20-37-66(63)73(55-27-11-3-12-28-55)74(69(64)50-57)56-29-13-4-14-30-56/h1-51H. The summed E-state index contributed by atoms with van der Waals surface area (Å²) in [6, 6.07) is 114. The Kier molecular flexibility index (Phi) is 11.2. The highest BCUT2D eigenvalue weighted by molar-refractivity contribution is 6.22. The van der Waals surface area contributed by atoms with Crippen LogP contribution >= 0.6 is 0 Å². The third kappa shape index (κ3) is 7.47. The van der Waals surface area contributed by atoms with E-state index in [1.807, 2.05) is 0 Å². The molecule has 356 valence electrons. The molecule has 1 nitrogen and oxygen atoms in total. The first kappa shape index (κ1) is 44.8. The first-order valence-corrected chi connectivity index (χ1v) is 26.3. The topological polar surface area (TPSA) is 3.24 Å². The fourth-order valence-electron chi connectivity index (χ4n) is 12.4. The molecule has 0 spiro atoms. The van der Waals surface area contributed by atoms with Crippen molar-refractivity contribution in [3.63, 3.8) is 0 Å². The minimum Gasteiger partial charge on any atom is -0.310 e. The van der Waals surface area contributed by atoms with Crippen molar-refractivity contribution in [2.75, 3.05) is 4.90 Å². The zero-order valence-corrected chi connectivity index (χ0v) is 41.9. The van der Waals surface area contributed by atoms with E-state index in [1.165, 1.54) is 93.9 Å². The third-order valence-electron chi connectivity index (χ3n) is 15.7. The van der Waals surface area contributed by atoms with Crippen LogP contribution in [0.4, 0.5) is 17.1 Å². The van der Waals surface area contributed by atoms with Crippen LogP contribution in [0.15, 0.2) is 309 Å². The minimum absolute atomic E-state index is 0.500. The van der Waals surface area contributed by atoms with Crippen LogP contribution in [-0.4, -0.2) is 0 Å². The average molecular weight is 966 g/mol. The Labute approximate surface area is 444 Å². The number of rotatable bonds is 10. The van der Waals surface area contributed by atoms with E-state index in [-0.39, 0.29) is 0 Å². The molecule has 1 aliphatic rings. The predicted octanol–water partition coefficient (Wildman–Crippen LogP) is 20.2. The quantitative estimate of drug-likeness (QED) is 0.123. The molecule has 0 amide bonds. The van der Waals surface area contributed by atoms with Gasteiger partial charge in [-0.15, -0.1) is 0 Å². The van der Waals surface area contributed by atoms with Crippen molar-refractivity contribution in [3.8, 4) is 66.8 Å². The van der Waals surface area contributed by atoms with Gasteiger partial charge in [0.15, 0.2) is 0 Å². The van der Waals surface area contributed by atoms with Gasteiger partial charge in [0.1, 0.15) is 0 Å². The Morgan fingerprint density at radius 3 is 1.29 bits per heavy atom. The van der Waals surface area contributed by atoms with Gasteiger partial charge in [0.25, 0.3) is 0 Å². The predicted molar refractivity (Wildman–Crippen MR) is 321 cm³/mol. The minimum atomic E-state index is -0.500. The third-order valence-corrected chi connectivity index (χ3v) is 15.7. The number of benzene rings is 13. The summed E-state index contributed by atoms with van der Waals surface area (Å²) in [5, 5.41) is 4.99. The first-order chi connectivity index (χ1) is 37.7. The van der Waals surface area contributed by atoms with E-state index in [0.717, 1.165) is 33.8 Å². The number of fused-ring (bicyclic) bond motifs is 6. The summed E-state index contributed by atoms with van der Waals surface area (Å²) >= 11 is 0. The van der Waals surface area contributed by atoms with E-state index >= 15 is 0 Å². The lowest BCUT2D eigenvalue weighted by Gasteiger charge is -2.34. The van der Waals surface area contributed by atoms with Gasteiger partial charge in [0.2, 0.25) is 0 Å². The molecule has 13 aromatic rings. The van der Waals surface area contributed by atoms with Crippen LogP contribution in [0.2, 0.25) is 0 Å². The number of anilines is 3. The lowest BCUT2D eigenvalue weighted by molar-refractivity contribution is 0.768. The molecule has 0 atom stereocenters. The van der Waals surface area contributed by atoms with E-state index in [9.17, 15) is 0 Å². The molecule has 76 heavy (non-hydrogen) atoms. The number of nitrogens with zero attached hydrogens (tertiary/aromatic N) is 1. The van der Waals surface area contributed by atoms with Gasteiger partial charge in [-0.3, -0.25) is 0 Å². The lowest BCUT2D eigenvalue weighted by atomic mass is 9.68. The fourth-order valence-corrected chi connectivity index (χ4v) is 12.4. The highest BCUT2D eigenvalue weighted by Gasteiger charge is 2.46. The SMILES string of the molecule is c1ccc(-c2ccc(N(c3ccc(-c4ccc5c(c4)c(-c4ccccc4)c(-c4ccccc4)c4ccccc45)cc3)c3ccc4c(c3)-c3ccccc3C4(c3ccccc3)c3ccccc3)c(-c3ccccc3)c2)cc1.